The van der Waals surface area contributed by atoms with Crippen molar-refractivity contribution in [1.82, 2.24) is 0 Å². The van der Waals surface area contributed by atoms with Crippen LogP contribution in [0.1, 0.15) is 16.7 Å². The fourth-order valence-electron chi connectivity index (χ4n) is 2.74. The fourth-order valence-corrected chi connectivity index (χ4v) is 3.46. The molecule has 3 rings (SSSR count). The van der Waals surface area contributed by atoms with Gasteiger partial charge in [-0.15, -0.1) is 0 Å². The van der Waals surface area contributed by atoms with Crippen molar-refractivity contribution in [3.63, 3.8) is 0 Å². The van der Waals surface area contributed by atoms with Crippen molar-refractivity contribution in [1.29, 1.82) is 0 Å². The number of nitrogens with one attached hydrogen (secondary N) is 2. The molecule has 0 unspecified atom stereocenters. The first kappa shape index (κ1) is 21.2. The quantitative estimate of drug-likeness (QED) is 0.420. The number of hydrogen-bond acceptors (Lipinski definition) is 3. The molecule has 3 aromatic carbocycles. The number of anilines is 2. The lowest BCUT2D eigenvalue weighted by molar-refractivity contribution is -0.118. The van der Waals surface area contributed by atoms with Gasteiger partial charge in [-0.2, -0.15) is 0 Å². The van der Waals surface area contributed by atoms with Gasteiger partial charge in [-0.25, -0.2) is 0 Å². The summed E-state index contributed by atoms with van der Waals surface area (Å²) in [6.45, 7) is 4.57. The molecule has 6 heteroatoms. The molecule has 0 aliphatic rings. The SMILES string of the molecule is Cc1ccc(NC(=O)COc2ccc(CNc3cccc(Cl)c3C)cc2Br)cc1. The molecule has 0 aliphatic heterocycles. The molecule has 150 valence electrons. The molecule has 2 N–H and O–H groups in total. The average molecular weight is 474 g/mol. The van der Waals surface area contributed by atoms with Crippen molar-refractivity contribution in [2.24, 2.45) is 0 Å². The highest BCUT2D eigenvalue weighted by atomic mass is 79.9. The van der Waals surface area contributed by atoms with E-state index < -0.39 is 0 Å². The van der Waals surface area contributed by atoms with Crippen molar-refractivity contribution >= 4 is 44.8 Å². The van der Waals surface area contributed by atoms with E-state index in [4.69, 9.17) is 16.3 Å². The number of hydrogen-bond donors (Lipinski definition) is 2. The second-order valence-corrected chi connectivity index (χ2v) is 8.00. The van der Waals surface area contributed by atoms with Crippen LogP contribution in [-0.4, -0.2) is 12.5 Å². The molecule has 0 heterocycles. The first-order chi connectivity index (χ1) is 13.9. The van der Waals surface area contributed by atoms with Gasteiger partial charge in [-0.3, -0.25) is 4.79 Å². The molecule has 3 aromatic rings. The van der Waals surface area contributed by atoms with E-state index in [-0.39, 0.29) is 12.5 Å². The first-order valence-corrected chi connectivity index (χ1v) is 10.4. The van der Waals surface area contributed by atoms with E-state index in [1.165, 1.54) is 0 Å². The van der Waals surface area contributed by atoms with Gasteiger partial charge in [-0.1, -0.05) is 41.4 Å². The molecule has 0 atom stereocenters. The Morgan fingerprint density at radius 2 is 1.83 bits per heavy atom. The van der Waals surface area contributed by atoms with E-state index in [1.807, 2.05) is 74.5 Å². The number of benzene rings is 3. The number of carbonyl (C=O) groups excluding carboxylic acids is 1. The number of amides is 1. The zero-order valence-electron chi connectivity index (χ0n) is 16.3. The summed E-state index contributed by atoms with van der Waals surface area (Å²) >= 11 is 9.68. The minimum atomic E-state index is -0.206. The third-order valence-electron chi connectivity index (χ3n) is 4.44. The highest BCUT2D eigenvalue weighted by molar-refractivity contribution is 9.10. The minimum Gasteiger partial charge on any atom is -0.483 e. The Bertz CT molecular complexity index is 1010. The predicted octanol–water partition coefficient (Wildman–Crippen LogP) is 6.35. The maximum atomic E-state index is 12.1. The van der Waals surface area contributed by atoms with Crippen LogP contribution in [0, 0.1) is 13.8 Å². The molecule has 0 saturated carbocycles. The molecular weight excluding hydrogens is 452 g/mol. The Morgan fingerprint density at radius 3 is 2.55 bits per heavy atom. The topological polar surface area (TPSA) is 50.4 Å². The summed E-state index contributed by atoms with van der Waals surface area (Å²) in [4.78, 5) is 12.1. The standard InChI is InChI=1S/C23H22BrClN2O2/c1-15-6-9-18(10-7-15)27-23(28)14-29-22-11-8-17(12-19(22)24)13-26-21-5-3-4-20(25)16(21)2/h3-12,26H,13-14H2,1-2H3,(H,27,28). The third-order valence-corrected chi connectivity index (χ3v) is 5.47. The van der Waals surface area contributed by atoms with E-state index in [9.17, 15) is 4.79 Å². The molecule has 0 aromatic heterocycles. The second-order valence-electron chi connectivity index (χ2n) is 6.73. The van der Waals surface area contributed by atoms with Crippen LogP contribution in [0.15, 0.2) is 65.1 Å². The van der Waals surface area contributed by atoms with Crippen molar-refractivity contribution < 1.29 is 9.53 Å². The number of ether oxygens (including phenoxy) is 1. The van der Waals surface area contributed by atoms with Crippen LogP contribution >= 0.6 is 27.5 Å². The smallest absolute Gasteiger partial charge is 0.262 e. The van der Waals surface area contributed by atoms with E-state index >= 15 is 0 Å². The summed E-state index contributed by atoms with van der Waals surface area (Å²) in [5, 5.41) is 6.95. The van der Waals surface area contributed by atoms with Crippen LogP contribution < -0.4 is 15.4 Å². The van der Waals surface area contributed by atoms with Gasteiger partial charge in [0.2, 0.25) is 0 Å². The highest BCUT2D eigenvalue weighted by Crippen LogP contribution is 2.27. The minimum absolute atomic E-state index is 0.0637. The van der Waals surface area contributed by atoms with Crippen LogP contribution in [-0.2, 0) is 11.3 Å². The molecule has 4 nitrogen and oxygen atoms in total. The highest BCUT2D eigenvalue weighted by Gasteiger charge is 2.08. The van der Waals surface area contributed by atoms with Gasteiger partial charge in [0, 0.05) is 22.9 Å². The summed E-state index contributed by atoms with van der Waals surface area (Å²) in [7, 11) is 0. The lowest BCUT2D eigenvalue weighted by Gasteiger charge is -2.13. The molecule has 0 fully saturated rings. The first-order valence-electron chi connectivity index (χ1n) is 9.19. The number of carbonyl (C=O) groups is 1. The van der Waals surface area contributed by atoms with Gasteiger partial charge in [-0.05, 0) is 77.3 Å². The van der Waals surface area contributed by atoms with E-state index in [2.05, 4.69) is 26.6 Å². The van der Waals surface area contributed by atoms with Gasteiger partial charge in [0.25, 0.3) is 5.91 Å². The zero-order valence-corrected chi connectivity index (χ0v) is 18.6. The molecule has 0 saturated heterocycles. The third kappa shape index (κ3) is 5.99. The average Bonchev–Trinajstić information content (AvgIpc) is 2.70. The normalized spacial score (nSPS) is 10.5. The molecule has 0 aliphatic carbocycles. The summed E-state index contributed by atoms with van der Waals surface area (Å²) < 4.78 is 6.44. The maximum Gasteiger partial charge on any atom is 0.262 e. The molecular formula is C23H22BrClN2O2. The summed E-state index contributed by atoms with van der Waals surface area (Å²) in [6, 6.07) is 19.2. The van der Waals surface area contributed by atoms with Gasteiger partial charge in [0.1, 0.15) is 5.75 Å². The van der Waals surface area contributed by atoms with Crippen molar-refractivity contribution in [3.8, 4) is 5.75 Å². The molecule has 29 heavy (non-hydrogen) atoms. The van der Waals surface area contributed by atoms with Crippen molar-refractivity contribution in [2.75, 3.05) is 17.2 Å². The number of rotatable bonds is 7. The Balaban J connectivity index is 1.54. The van der Waals surface area contributed by atoms with Crippen molar-refractivity contribution in [3.05, 3.63) is 86.8 Å². The van der Waals surface area contributed by atoms with Crippen LogP contribution in [0.25, 0.3) is 0 Å². The molecule has 0 bridgehead atoms. The summed E-state index contributed by atoms with van der Waals surface area (Å²) in [6.07, 6.45) is 0. The van der Waals surface area contributed by atoms with Gasteiger partial charge >= 0.3 is 0 Å². The Labute approximate surface area is 184 Å². The monoisotopic (exact) mass is 472 g/mol. The molecule has 1 amide bonds. The lowest BCUT2D eigenvalue weighted by atomic mass is 10.1. The molecule has 0 spiro atoms. The van der Waals surface area contributed by atoms with Gasteiger partial charge in [0.15, 0.2) is 6.61 Å². The molecule has 0 radical (unpaired) electrons. The van der Waals surface area contributed by atoms with E-state index in [0.29, 0.717) is 12.3 Å². The Morgan fingerprint density at radius 1 is 1.07 bits per heavy atom. The van der Waals surface area contributed by atoms with Crippen LogP contribution in [0.5, 0.6) is 5.75 Å². The maximum absolute atomic E-state index is 12.1. The van der Waals surface area contributed by atoms with Crippen molar-refractivity contribution in [2.45, 2.75) is 20.4 Å². The van der Waals surface area contributed by atoms with Gasteiger partial charge in [0.05, 0.1) is 4.47 Å². The van der Waals surface area contributed by atoms with Gasteiger partial charge < -0.3 is 15.4 Å². The number of halogens is 2. The van der Waals surface area contributed by atoms with E-state index in [0.717, 1.165) is 37.6 Å². The predicted molar refractivity (Wildman–Crippen MR) is 123 cm³/mol. The van der Waals surface area contributed by atoms with Crippen LogP contribution in [0.2, 0.25) is 5.02 Å². The second kappa shape index (κ2) is 9.81. The Kier molecular flexibility index (Phi) is 7.18. The fraction of sp³-hybridized carbons (Fsp3) is 0.174. The summed E-state index contributed by atoms with van der Waals surface area (Å²) in [5.74, 6) is 0.412. The zero-order chi connectivity index (χ0) is 20.8. The largest absolute Gasteiger partial charge is 0.483 e. The Hall–Kier alpha value is -2.50. The van der Waals surface area contributed by atoms with Crippen LogP contribution in [0.3, 0.4) is 0 Å². The summed E-state index contributed by atoms with van der Waals surface area (Å²) in [5.41, 5.74) is 4.99. The van der Waals surface area contributed by atoms with Crippen LogP contribution in [0.4, 0.5) is 11.4 Å². The lowest BCUT2D eigenvalue weighted by Crippen LogP contribution is -2.20. The number of aryl methyl sites for hydroxylation is 1. The van der Waals surface area contributed by atoms with E-state index in [1.54, 1.807) is 0 Å².